The van der Waals surface area contributed by atoms with Gasteiger partial charge in [-0.2, -0.15) is 13.2 Å². The van der Waals surface area contributed by atoms with Crippen LogP contribution in [0.4, 0.5) is 18.9 Å². The number of benzene rings is 2. The molecule has 0 fully saturated rings. The highest BCUT2D eigenvalue weighted by atomic mass is 32.2. The third kappa shape index (κ3) is 5.52. The number of fused-ring (bicyclic) bond motifs is 1. The van der Waals surface area contributed by atoms with E-state index in [2.05, 4.69) is 15.0 Å². The number of sulfonamides is 1. The minimum absolute atomic E-state index is 0.143. The third-order valence-electron chi connectivity index (χ3n) is 4.67. The number of nitrogens with one attached hydrogen (secondary N) is 2. The van der Waals surface area contributed by atoms with Gasteiger partial charge in [0, 0.05) is 11.6 Å². The summed E-state index contributed by atoms with van der Waals surface area (Å²) in [5.74, 6) is -0.433. The quantitative estimate of drug-likeness (QED) is 0.601. The number of rotatable bonds is 5. The van der Waals surface area contributed by atoms with Crippen molar-refractivity contribution in [2.24, 2.45) is 0 Å². The SMILES string of the molecule is Cc1cc([C@H](C)NC(=O)c2cnc3cc(C(F)(F)F)ccc3c2)ccc1NS(C)(=O)=O. The minimum atomic E-state index is -4.47. The molecule has 1 atom stereocenters. The Kier molecular flexibility index (Phi) is 5.95. The van der Waals surface area contributed by atoms with Gasteiger partial charge in [0.1, 0.15) is 0 Å². The molecule has 2 aromatic carbocycles. The van der Waals surface area contributed by atoms with Gasteiger partial charge in [0.05, 0.1) is 34.6 Å². The summed E-state index contributed by atoms with van der Waals surface area (Å²) in [6.07, 6.45) is -2.18. The van der Waals surface area contributed by atoms with Gasteiger partial charge in [-0.3, -0.25) is 14.5 Å². The summed E-state index contributed by atoms with van der Waals surface area (Å²) in [6, 6.07) is 9.32. The summed E-state index contributed by atoms with van der Waals surface area (Å²) in [7, 11) is -3.41. The smallest absolute Gasteiger partial charge is 0.345 e. The molecule has 164 valence electrons. The molecule has 2 N–H and O–H groups in total. The highest BCUT2D eigenvalue weighted by Crippen LogP contribution is 2.31. The van der Waals surface area contributed by atoms with Crippen molar-refractivity contribution in [1.29, 1.82) is 0 Å². The lowest BCUT2D eigenvalue weighted by Gasteiger charge is -2.17. The van der Waals surface area contributed by atoms with E-state index in [1.807, 2.05) is 0 Å². The zero-order valence-corrected chi connectivity index (χ0v) is 17.7. The Balaban J connectivity index is 1.77. The Bertz CT molecular complexity index is 1260. The first-order valence-corrected chi connectivity index (χ1v) is 11.1. The zero-order chi connectivity index (χ0) is 23.0. The van der Waals surface area contributed by atoms with Crippen LogP contribution in [0.2, 0.25) is 0 Å². The number of anilines is 1. The van der Waals surface area contributed by atoms with Crippen LogP contribution in [0.5, 0.6) is 0 Å². The molecule has 0 saturated carbocycles. The number of nitrogens with zero attached hydrogens (tertiary/aromatic N) is 1. The normalized spacial score (nSPS) is 13.1. The topological polar surface area (TPSA) is 88.2 Å². The third-order valence-corrected chi connectivity index (χ3v) is 5.26. The number of amides is 1. The maximum Gasteiger partial charge on any atom is 0.416 e. The molecule has 3 aromatic rings. The van der Waals surface area contributed by atoms with E-state index < -0.39 is 33.7 Å². The molecule has 31 heavy (non-hydrogen) atoms. The van der Waals surface area contributed by atoms with Gasteiger partial charge in [-0.25, -0.2) is 8.42 Å². The van der Waals surface area contributed by atoms with Crippen LogP contribution in [0.1, 0.15) is 40.0 Å². The standard InChI is InChI=1S/C21H20F3N3O3S/c1-12-8-14(5-7-18(12)27-31(3,29)30)13(2)26-20(28)16-9-15-4-6-17(21(22,23)24)10-19(15)25-11-16/h4-11,13,27H,1-3H3,(H,26,28)/t13-/m0/s1. The Labute approximate surface area is 177 Å². The van der Waals surface area contributed by atoms with E-state index >= 15 is 0 Å². The van der Waals surface area contributed by atoms with Crippen LogP contribution in [-0.2, 0) is 16.2 Å². The molecule has 3 rings (SSSR count). The summed E-state index contributed by atoms with van der Waals surface area (Å²) < 4.78 is 63.7. The molecule has 0 saturated heterocycles. The van der Waals surface area contributed by atoms with E-state index in [1.54, 1.807) is 32.0 Å². The van der Waals surface area contributed by atoms with E-state index in [0.717, 1.165) is 24.0 Å². The number of pyridine rings is 1. The number of carbonyl (C=O) groups excluding carboxylic acids is 1. The Hall–Kier alpha value is -3.14. The first-order chi connectivity index (χ1) is 14.3. The fourth-order valence-corrected chi connectivity index (χ4v) is 3.68. The largest absolute Gasteiger partial charge is 0.416 e. The summed E-state index contributed by atoms with van der Waals surface area (Å²) in [6.45, 7) is 3.51. The molecule has 0 aliphatic carbocycles. The lowest BCUT2D eigenvalue weighted by Crippen LogP contribution is -2.26. The van der Waals surface area contributed by atoms with Crippen molar-refractivity contribution in [3.63, 3.8) is 0 Å². The van der Waals surface area contributed by atoms with Crippen molar-refractivity contribution in [2.45, 2.75) is 26.1 Å². The van der Waals surface area contributed by atoms with E-state index in [4.69, 9.17) is 0 Å². The molecule has 6 nitrogen and oxygen atoms in total. The van der Waals surface area contributed by atoms with Crippen molar-refractivity contribution in [3.05, 3.63) is 70.9 Å². The Morgan fingerprint density at radius 1 is 1.10 bits per heavy atom. The molecule has 0 spiro atoms. The first kappa shape index (κ1) is 22.5. The van der Waals surface area contributed by atoms with Crippen molar-refractivity contribution >= 4 is 32.5 Å². The highest BCUT2D eigenvalue weighted by Gasteiger charge is 2.30. The van der Waals surface area contributed by atoms with E-state index in [0.29, 0.717) is 16.6 Å². The maximum absolute atomic E-state index is 12.8. The van der Waals surface area contributed by atoms with Crippen LogP contribution >= 0.6 is 0 Å². The molecule has 0 unspecified atom stereocenters. The average Bonchev–Trinajstić information content (AvgIpc) is 2.66. The van der Waals surface area contributed by atoms with Gasteiger partial charge >= 0.3 is 6.18 Å². The van der Waals surface area contributed by atoms with Crippen molar-refractivity contribution in [2.75, 3.05) is 11.0 Å². The Morgan fingerprint density at radius 2 is 1.81 bits per heavy atom. The molecular weight excluding hydrogens is 431 g/mol. The van der Waals surface area contributed by atoms with Gasteiger partial charge in [-0.05, 0) is 49.2 Å². The fourth-order valence-electron chi connectivity index (χ4n) is 3.06. The molecule has 0 bridgehead atoms. The summed E-state index contributed by atoms with van der Waals surface area (Å²) in [4.78, 5) is 16.6. The van der Waals surface area contributed by atoms with Crippen LogP contribution in [0, 0.1) is 6.92 Å². The monoisotopic (exact) mass is 451 g/mol. The number of alkyl halides is 3. The molecule has 0 aliphatic rings. The van der Waals surface area contributed by atoms with Gasteiger partial charge < -0.3 is 5.32 Å². The molecule has 0 aliphatic heterocycles. The van der Waals surface area contributed by atoms with Crippen LogP contribution < -0.4 is 10.0 Å². The van der Waals surface area contributed by atoms with Crippen LogP contribution in [-0.4, -0.2) is 25.6 Å². The lowest BCUT2D eigenvalue weighted by atomic mass is 10.0. The summed E-state index contributed by atoms with van der Waals surface area (Å²) >= 11 is 0. The van der Waals surface area contributed by atoms with Crippen molar-refractivity contribution in [1.82, 2.24) is 10.3 Å². The molecule has 0 radical (unpaired) electrons. The molecule has 1 aromatic heterocycles. The predicted molar refractivity (Wildman–Crippen MR) is 112 cm³/mol. The number of hydrogen-bond acceptors (Lipinski definition) is 4. The second-order valence-electron chi connectivity index (χ2n) is 7.27. The summed E-state index contributed by atoms with van der Waals surface area (Å²) in [5.41, 5.74) is 1.45. The van der Waals surface area contributed by atoms with Gasteiger partial charge in [0.25, 0.3) is 5.91 Å². The van der Waals surface area contributed by atoms with Crippen LogP contribution in [0.15, 0.2) is 48.7 Å². The summed E-state index contributed by atoms with van der Waals surface area (Å²) in [5, 5.41) is 3.23. The number of hydrogen-bond donors (Lipinski definition) is 2. The fraction of sp³-hybridized carbons (Fsp3) is 0.238. The van der Waals surface area contributed by atoms with E-state index in [-0.39, 0.29) is 11.1 Å². The average molecular weight is 451 g/mol. The minimum Gasteiger partial charge on any atom is -0.345 e. The highest BCUT2D eigenvalue weighted by molar-refractivity contribution is 7.92. The van der Waals surface area contributed by atoms with Crippen molar-refractivity contribution in [3.8, 4) is 0 Å². The molecule has 1 heterocycles. The first-order valence-electron chi connectivity index (χ1n) is 9.20. The number of aromatic nitrogens is 1. The van der Waals surface area contributed by atoms with Gasteiger partial charge in [0.2, 0.25) is 10.0 Å². The van der Waals surface area contributed by atoms with Crippen LogP contribution in [0.3, 0.4) is 0 Å². The maximum atomic E-state index is 12.8. The van der Waals surface area contributed by atoms with Crippen molar-refractivity contribution < 1.29 is 26.4 Å². The van der Waals surface area contributed by atoms with Gasteiger partial charge in [-0.1, -0.05) is 18.2 Å². The zero-order valence-electron chi connectivity index (χ0n) is 16.9. The predicted octanol–water partition coefficient (Wildman–Crippen LogP) is 4.42. The second kappa shape index (κ2) is 8.18. The number of carbonyl (C=O) groups is 1. The van der Waals surface area contributed by atoms with Crippen LogP contribution in [0.25, 0.3) is 10.9 Å². The van der Waals surface area contributed by atoms with E-state index in [9.17, 15) is 26.4 Å². The number of aryl methyl sites for hydroxylation is 1. The molecule has 1 amide bonds. The van der Waals surface area contributed by atoms with Gasteiger partial charge in [-0.15, -0.1) is 0 Å². The van der Waals surface area contributed by atoms with Gasteiger partial charge in [0.15, 0.2) is 0 Å². The lowest BCUT2D eigenvalue weighted by molar-refractivity contribution is -0.137. The molecule has 10 heteroatoms. The second-order valence-corrected chi connectivity index (χ2v) is 9.02. The molecular formula is C21H20F3N3O3S. The number of halogens is 3. The Morgan fingerprint density at radius 3 is 2.42 bits per heavy atom. The van der Waals surface area contributed by atoms with E-state index in [1.165, 1.54) is 18.3 Å².